The van der Waals surface area contributed by atoms with Crippen LogP contribution < -0.4 is 0 Å². The van der Waals surface area contributed by atoms with Crippen molar-refractivity contribution in [2.75, 3.05) is 32.7 Å². The maximum atomic E-state index is 12.5. The van der Waals surface area contributed by atoms with Crippen LogP contribution in [0.25, 0.3) is 0 Å². The summed E-state index contributed by atoms with van der Waals surface area (Å²) >= 11 is 5.69. The number of hydrogen-bond donors (Lipinski definition) is 0. The number of aryl methyl sites for hydroxylation is 1. The molecule has 1 aliphatic heterocycles. The molecule has 0 amide bonds. The first-order valence-electron chi connectivity index (χ1n) is 7.23. The van der Waals surface area contributed by atoms with Gasteiger partial charge >= 0.3 is 0 Å². The smallest absolute Gasteiger partial charge is 0.242 e. The summed E-state index contributed by atoms with van der Waals surface area (Å²) in [7, 11) is -1.76. The zero-order valence-electron chi connectivity index (χ0n) is 12.3. The summed E-state index contributed by atoms with van der Waals surface area (Å²) in [6.07, 6.45) is 2.60. The van der Waals surface area contributed by atoms with Crippen molar-refractivity contribution in [2.45, 2.75) is 24.2 Å². The Bertz CT molecular complexity index is 539. The van der Waals surface area contributed by atoms with Gasteiger partial charge in [-0.05, 0) is 42.9 Å². The van der Waals surface area contributed by atoms with Gasteiger partial charge in [0.2, 0.25) is 10.0 Å². The molecule has 6 heteroatoms. The van der Waals surface area contributed by atoms with Crippen LogP contribution in [-0.2, 0) is 21.2 Å². The van der Waals surface area contributed by atoms with Crippen molar-refractivity contribution >= 4 is 21.6 Å². The number of hydrogen-bond acceptors (Lipinski definition) is 3. The van der Waals surface area contributed by atoms with Crippen LogP contribution in [0.3, 0.4) is 0 Å². The largest absolute Gasteiger partial charge is 0.381 e. The van der Waals surface area contributed by atoms with Crippen LogP contribution in [0.4, 0.5) is 0 Å². The fourth-order valence-electron chi connectivity index (χ4n) is 2.51. The van der Waals surface area contributed by atoms with Gasteiger partial charge < -0.3 is 4.74 Å². The van der Waals surface area contributed by atoms with Gasteiger partial charge in [0.05, 0.1) is 4.90 Å². The Balaban J connectivity index is 2.05. The van der Waals surface area contributed by atoms with Crippen LogP contribution in [-0.4, -0.2) is 45.4 Å². The lowest BCUT2D eigenvalue weighted by atomic mass is 10.0. The Morgan fingerprint density at radius 1 is 1.24 bits per heavy atom. The van der Waals surface area contributed by atoms with Gasteiger partial charge in [0, 0.05) is 32.7 Å². The lowest BCUT2D eigenvalue weighted by Gasteiger charge is -2.26. The van der Waals surface area contributed by atoms with E-state index < -0.39 is 10.0 Å². The van der Waals surface area contributed by atoms with Crippen molar-refractivity contribution in [1.29, 1.82) is 0 Å². The summed E-state index contributed by atoms with van der Waals surface area (Å²) in [6.45, 7) is 2.01. The Kier molecular flexibility index (Phi) is 6.05. The summed E-state index contributed by atoms with van der Waals surface area (Å²) in [5.74, 6) is 0.921. The minimum absolute atomic E-state index is 0.343. The molecule has 1 heterocycles. The van der Waals surface area contributed by atoms with E-state index in [4.69, 9.17) is 16.3 Å². The molecule has 0 N–H and O–H groups in total. The van der Waals surface area contributed by atoms with Gasteiger partial charge in [-0.3, -0.25) is 0 Å². The number of benzene rings is 1. The first-order valence-corrected chi connectivity index (χ1v) is 9.20. The summed E-state index contributed by atoms with van der Waals surface area (Å²) in [5, 5.41) is 0. The molecule has 0 spiro atoms. The molecular formula is C15H22ClNO3S. The van der Waals surface area contributed by atoms with Crippen molar-refractivity contribution in [1.82, 2.24) is 4.31 Å². The van der Waals surface area contributed by atoms with E-state index in [2.05, 4.69) is 0 Å². The number of sulfonamides is 1. The van der Waals surface area contributed by atoms with Crippen molar-refractivity contribution in [3.8, 4) is 0 Å². The molecule has 0 aliphatic carbocycles. The molecule has 1 aromatic carbocycles. The summed E-state index contributed by atoms with van der Waals surface area (Å²) in [6, 6.07) is 6.99. The van der Waals surface area contributed by atoms with E-state index in [1.54, 1.807) is 19.2 Å². The lowest BCUT2D eigenvalue weighted by Crippen LogP contribution is -2.34. The average molecular weight is 332 g/mol. The van der Waals surface area contributed by atoms with Gasteiger partial charge in [-0.1, -0.05) is 12.1 Å². The van der Waals surface area contributed by atoms with Gasteiger partial charge in [0.1, 0.15) is 0 Å². The number of nitrogens with zero attached hydrogens (tertiary/aromatic N) is 1. The molecule has 1 saturated heterocycles. The Morgan fingerprint density at radius 3 is 2.43 bits per heavy atom. The summed E-state index contributed by atoms with van der Waals surface area (Å²) in [5.41, 5.74) is 1.05. The van der Waals surface area contributed by atoms with Crippen LogP contribution >= 0.6 is 11.6 Å². The maximum Gasteiger partial charge on any atom is 0.242 e. The molecule has 21 heavy (non-hydrogen) atoms. The average Bonchev–Trinajstić information content (AvgIpc) is 2.49. The standard InChI is InChI=1S/C15H22ClNO3S/c1-17(12-14-7-10-20-11-8-14)21(18,19)15-4-2-13(3-5-15)6-9-16/h2-5,14H,6-12H2,1H3. The molecule has 0 unspecified atom stereocenters. The molecule has 1 aliphatic rings. The fourth-order valence-corrected chi connectivity index (χ4v) is 3.97. The van der Waals surface area contributed by atoms with E-state index in [0.717, 1.165) is 38.0 Å². The maximum absolute atomic E-state index is 12.5. The SMILES string of the molecule is CN(CC1CCOCC1)S(=O)(=O)c1ccc(CCCl)cc1. The predicted octanol–water partition coefficient (Wildman–Crippen LogP) is 2.52. The molecule has 4 nitrogen and oxygen atoms in total. The third-order valence-electron chi connectivity index (χ3n) is 3.87. The lowest BCUT2D eigenvalue weighted by molar-refractivity contribution is 0.0620. The van der Waals surface area contributed by atoms with Crippen LogP contribution in [0.5, 0.6) is 0 Å². The highest BCUT2D eigenvalue weighted by Crippen LogP contribution is 2.21. The molecule has 118 valence electrons. The minimum Gasteiger partial charge on any atom is -0.381 e. The van der Waals surface area contributed by atoms with E-state index in [0.29, 0.717) is 23.2 Å². The summed E-state index contributed by atoms with van der Waals surface area (Å²) in [4.78, 5) is 0.343. The minimum atomic E-state index is -3.41. The fraction of sp³-hybridized carbons (Fsp3) is 0.600. The van der Waals surface area contributed by atoms with E-state index in [1.165, 1.54) is 4.31 Å². The van der Waals surface area contributed by atoms with Crippen LogP contribution in [0.15, 0.2) is 29.2 Å². The zero-order chi connectivity index (χ0) is 15.3. The predicted molar refractivity (Wildman–Crippen MR) is 84.2 cm³/mol. The Labute approximate surface area is 132 Å². The highest BCUT2D eigenvalue weighted by molar-refractivity contribution is 7.89. The Hall–Kier alpha value is -0.620. The second-order valence-corrected chi connectivity index (χ2v) is 7.85. The molecule has 1 aromatic rings. The van der Waals surface area contributed by atoms with Crippen molar-refractivity contribution in [3.63, 3.8) is 0 Å². The second kappa shape index (κ2) is 7.58. The van der Waals surface area contributed by atoms with Gasteiger partial charge in [-0.15, -0.1) is 11.6 Å². The van der Waals surface area contributed by atoms with Gasteiger partial charge in [-0.25, -0.2) is 12.7 Å². The number of halogens is 1. The molecule has 1 fully saturated rings. The molecular weight excluding hydrogens is 310 g/mol. The Morgan fingerprint density at radius 2 is 1.86 bits per heavy atom. The quantitative estimate of drug-likeness (QED) is 0.752. The molecule has 0 atom stereocenters. The number of rotatable bonds is 6. The molecule has 2 rings (SSSR count). The highest BCUT2D eigenvalue weighted by atomic mass is 35.5. The topological polar surface area (TPSA) is 46.6 Å². The van der Waals surface area contributed by atoms with Crippen LogP contribution in [0.1, 0.15) is 18.4 Å². The molecule has 0 aromatic heterocycles. The third-order valence-corrected chi connectivity index (χ3v) is 5.90. The van der Waals surface area contributed by atoms with E-state index in [-0.39, 0.29) is 0 Å². The number of ether oxygens (including phenoxy) is 1. The van der Waals surface area contributed by atoms with E-state index in [9.17, 15) is 8.42 Å². The monoisotopic (exact) mass is 331 g/mol. The van der Waals surface area contributed by atoms with Crippen molar-refractivity contribution in [2.24, 2.45) is 5.92 Å². The van der Waals surface area contributed by atoms with Gasteiger partial charge in [0.15, 0.2) is 0 Å². The van der Waals surface area contributed by atoms with Crippen molar-refractivity contribution in [3.05, 3.63) is 29.8 Å². The molecule has 0 bridgehead atoms. The highest BCUT2D eigenvalue weighted by Gasteiger charge is 2.24. The second-order valence-electron chi connectivity index (χ2n) is 5.42. The molecule has 0 radical (unpaired) electrons. The summed E-state index contributed by atoms with van der Waals surface area (Å²) < 4.78 is 31.9. The van der Waals surface area contributed by atoms with Gasteiger partial charge in [-0.2, -0.15) is 0 Å². The first kappa shape index (κ1) is 16.7. The third kappa shape index (κ3) is 4.42. The van der Waals surface area contributed by atoms with Crippen molar-refractivity contribution < 1.29 is 13.2 Å². The first-order chi connectivity index (χ1) is 10.0. The van der Waals surface area contributed by atoms with Crippen LogP contribution in [0, 0.1) is 5.92 Å². The normalized spacial score (nSPS) is 17.3. The van der Waals surface area contributed by atoms with E-state index >= 15 is 0 Å². The van der Waals surface area contributed by atoms with Gasteiger partial charge in [0.25, 0.3) is 0 Å². The van der Waals surface area contributed by atoms with Crippen LogP contribution in [0.2, 0.25) is 0 Å². The zero-order valence-corrected chi connectivity index (χ0v) is 13.9. The number of alkyl halides is 1. The molecule has 0 saturated carbocycles. The van der Waals surface area contributed by atoms with E-state index in [1.807, 2.05) is 12.1 Å².